The molecule has 0 fully saturated rings. The average molecular weight is 452 g/mol. The summed E-state index contributed by atoms with van der Waals surface area (Å²) in [5, 5.41) is 2.86. The first-order valence-electron chi connectivity index (χ1n) is 9.51. The summed E-state index contributed by atoms with van der Waals surface area (Å²) in [7, 11) is 0. The molecule has 0 unspecified atom stereocenters. The van der Waals surface area contributed by atoms with E-state index in [1.807, 2.05) is 48.7 Å². The largest absolute Gasteiger partial charge is 0.310 e. The SMILES string of the molecule is CC(=O)Nc1nc2ccc(-c3cnc(Br)n3-c3ccccc3)cc2n1CC(C)C. The first-order chi connectivity index (χ1) is 13.9. The summed E-state index contributed by atoms with van der Waals surface area (Å²) in [6.45, 7) is 6.56. The van der Waals surface area contributed by atoms with Crippen LogP contribution in [-0.2, 0) is 11.3 Å². The number of anilines is 1. The molecule has 0 saturated heterocycles. The number of aromatic nitrogens is 4. The molecule has 6 nitrogen and oxygen atoms in total. The Bertz CT molecular complexity index is 1180. The van der Waals surface area contributed by atoms with Gasteiger partial charge in [0.2, 0.25) is 11.9 Å². The molecule has 7 heteroatoms. The van der Waals surface area contributed by atoms with Gasteiger partial charge >= 0.3 is 0 Å². The van der Waals surface area contributed by atoms with Crippen LogP contribution in [0.3, 0.4) is 0 Å². The summed E-state index contributed by atoms with van der Waals surface area (Å²) < 4.78 is 4.89. The fraction of sp³-hybridized carbons (Fsp3) is 0.227. The van der Waals surface area contributed by atoms with Gasteiger partial charge in [0.1, 0.15) is 0 Å². The van der Waals surface area contributed by atoms with Crippen LogP contribution >= 0.6 is 15.9 Å². The fourth-order valence-electron chi connectivity index (χ4n) is 3.44. The molecule has 0 radical (unpaired) electrons. The summed E-state index contributed by atoms with van der Waals surface area (Å²) in [6.07, 6.45) is 1.86. The van der Waals surface area contributed by atoms with Crippen LogP contribution < -0.4 is 5.32 Å². The molecular weight excluding hydrogens is 430 g/mol. The minimum absolute atomic E-state index is 0.128. The van der Waals surface area contributed by atoms with Crippen molar-refractivity contribution in [3.8, 4) is 16.9 Å². The van der Waals surface area contributed by atoms with Crippen molar-refractivity contribution in [2.45, 2.75) is 27.3 Å². The predicted molar refractivity (Wildman–Crippen MR) is 119 cm³/mol. The van der Waals surface area contributed by atoms with Crippen LogP contribution in [-0.4, -0.2) is 25.0 Å². The summed E-state index contributed by atoms with van der Waals surface area (Å²) in [5.74, 6) is 0.861. The molecular formula is C22H22BrN5O. The lowest BCUT2D eigenvalue weighted by Gasteiger charge is -2.13. The lowest BCUT2D eigenvalue weighted by atomic mass is 10.1. The quantitative estimate of drug-likeness (QED) is 0.449. The Labute approximate surface area is 177 Å². The number of nitrogens with one attached hydrogen (secondary N) is 1. The normalized spacial score (nSPS) is 11.3. The first-order valence-corrected chi connectivity index (χ1v) is 10.3. The molecule has 4 aromatic rings. The predicted octanol–water partition coefficient (Wildman–Crippen LogP) is 5.27. The Balaban J connectivity index is 1.88. The van der Waals surface area contributed by atoms with E-state index in [9.17, 15) is 4.79 Å². The van der Waals surface area contributed by atoms with Gasteiger partial charge in [-0.05, 0) is 46.1 Å². The third-order valence-corrected chi connectivity index (χ3v) is 5.17. The van der Waals surface area contributed by atoms with Crippen LogP contribution in [0.15, 0.2) is 59.5 Å². The Kier molecular flexibility index (Phi) is 5.24. The number of para-hydroxylation sites is 1. The second-order valence-electron chi connectivity index (χ2n) is 7.41. The highest BCUT2D eigenvalue weighted by Crippen LogP contribution is 2.31. The maximum atomic E-state index is 11.6. The number of hydrogen-bond acceptors (Lipinski definition) is 3. The maximum Gasteiger partial charge on any atom is 0.223 e. The Morgan fingerprint density at radius 2 is 1.93 bits per heavy atom. The van der Waals surface area contributed by atoms with Crippen LogP contribution in [0.1, 0.15) is 20.8 Å². The molecule has 1 N–H and O–H groups in total. The van der Waals surface area contributed by atoms with Crippen LogP contribution in [0.5, 0.6) is 0 Å². The number of hydrogen-bond donors (Lipinski definition) is 1. The van der Waals surface area contributed by atoms with Crippen LogP contribution in [0.4, 0.5) is 5.95 Å². The smallest absolute Gasteiger partial charge is 0.223 e. The molecule has 148 valence electrons. The van der Waals surface area contributed by atoms with E-state index in [-0.39, 0.29) is 5.91 Å². The Morgan fingerprint density at radius 3 is 2.62 bits per heavy atom. The van der Waals surface area contributed by atoms with Gasteiger partial charge in [-0.3, -0.25) is 14.7 Å². The van der Waals surface area contributed by atoms with Gasteiger partial charge in [-0.2, -0.15) is 0 Å². The van der Waals surface area contributed by atoms with Gasteiger partial charge in [0.15, 0.2) is 4.73 Å². The minimum Gasteiger partial charge on any atom is -0.310 e. The molecule has 0 aliphatic carbocycles. The summed E-state index contributed by atoms with van der Waals surface area (Å²) in [4.78, 5) is 20.7. The highest BCUT2D eigenvalue weighted by atomic mass is 79.9. The lowest BCUT2D eigenvalue weighted by Crippen LogP contribution is -2.14. The molecule has 0 atom stereocenters. The number of benzene rings is 2. The van der Waals surface area contributed by atoms with Crippen molar-refractivity contribution in [3.63, 3.8) is 0 Å². The van der Waals surface area contributed by atoms with Crippen LogP contribution in [0, 0.1) is 5.92 Å². The van der Waals surface area contributed by atoms with Crippen LogP contribution in [0.2, 0.25) is 0 Å². The molecule has 2 aromatic carbocycles. The van der Waals surface area contributed by atoms with Crippen molar-refractivity contribution in [1.29, 1.82) is 0 Å². The van der Waals surface area contributed by atoms with Crippen molar-refractivity contribution in [3.05, 3.63) is 59.5 Å². The van der Waals surface area contributed by atoms with E-state index in [0.717, 1.165) is 39.3 Å². The van der Waals surface area contributed by atoms with E-state index in [2.05, 4.69) is 60.3 Å². The van der Waals surface area contributed by atoms with Crippen molar-refractivity contribution in [1.82, 2.24) is 19.1 Å². The molecule has 0 aliphatic heterocycles. The molecule has 29 heavy (non-hydrogen) atoms. The molecule has 0 bridgehead atoms. The molecule has 0 saturated carbocycles. The number of halogens is 1. The molecule has 2 aromatic heterocycles. The molecule has 0 spiro atoms. The second kappa shape index (κ2) is 7.83. The van der Waals surface area contributed by atoms with Crippen LogP contribution in [0.25, 0.3) is 28.0 Å². The van der Waals surface area contributed by atoms with Crippen molar-refractivity contribution < 1.29 is 4.79 Å². The van der Waals surface area contributed by atoms with E-state index in [1.165, 1.54) is 6.92 Å². The van der Waals surface area contributed by atoms with Gasteiger partial charge in [0.05, 0.1) is 22.9 Å². The lowest BCUT2D eigenvalue weighted by molar-refractivity contribution is -0.114. The number of carbonyl (C=O) groups is 1. The average Bonchev–Trinajstić information content (AvgIpc) is 3.22. The number of carbonyl (C=O) groups excluding carboxylic acids is 1. The number of fused-ring (bicyclic) bond motifs is 1. The van der Waals surface area contributed by atoms with Crippen molar-refractivity contribution in [2.24, 2.45) is 5.92 Å². The number of amides is 1. The second-order valence-corrected chi connectivity index (χ2v) is 8.12. The van der Waals surface area contributed by atoms with E-state index >= 15 is 0 Å². The Morgan fingerprint density at radius 1 is 1.17 bits per heavy atom. The highest BCUT2D eigenvalue weighted by Gasteiger charge is 2.16. The first kappa shape index (κ1) is 19.4. The number of nitrogens with zero attached hydrogens (tertiary/aromatic N) is 4. The van der Waals surface area contributed by atoms with Crippen molar-refractivity contribution in [2.75, 3.05) is 5.32 Å². The summed E-state index contributed by atoms with van der Waals surface area (Å²) in [6, 6.07) is 16.2. The van der Waals surface area contributed by atoms with Gasteiger partial charge in [0.25, 0.3) is 0 Å². The minimum atomic E-state index is -0.128. The highest BCUT2D eigenvalue weighted by molar-refractivity contribution is 9.10. The number of imidazole rings is 2. The third kappa shape index (κ3) is 3.82. The fourth-order valence-corrected chi connectivity index (χ4v) is 3.94. The van der Waals surface area contributed by atoms with Gasteiger partial charge in [-0.1, -0.05) is 38.1 Å². The molecule has 4 rings (SSSR count). The summed E-state index contributed by atoms with van der Waals surface area (Å²) in [5.41, 5.74) is 4.86. The molecule has 0 aliphatic rings. The Hall–Kier alpha value is -2.93. The van der Waals surface area contributed by atoms with Gasteiger partial charge in [-0.15, -0.1) is 0 Å². The third-order valence-electron chi connectivity index (χ3n) is 4.61. The van der Waals surface area contributed by atoms with E-state index in [0.29, 0.717) is 11.9 Å². The van der Waals surface area contributed by atoms with Crippen molar-refractivity contribution >= 4 is 38.8 Å². The van der Waals surface area contributed by atoms with E-state index in [4.69, 9.17) is 0 Å². The molecule has 1 amide bonds. The topological polar surface area (TPSA) is 64.7 Å². The maximum absolute atomic E-state index is 11.6. The monoisotopic (exact) mass is 451 g/mol. The zero-order valence-corrected chi connectivity index (χ0v) is 18.1. The molecule has 2 heterocycles. The summed E-state index contributed by atoms with van der Waals surface area (Å²) >= 11 is 3.57. The van der Waals surface area contributed by atoms with E-state index < -0.39 is 0 Å². The zero-order valence-electron chi connectivity index (χ0n) is 16.6. The van der Waals surface area contributed by atoms with Gasteiger partial charge in [-0.25, -0.2) is 9.97 Å². The number of rotatable bonds is 5. The van der Waals surface area contributed by atoms with Gasteiger partial charge < -0.3 is 4.57 Å². The zero-order chi connectivity index (χ0) is 20.5. The standard InChI is InChI=1S/C22H22BrN5O/c1-14(2)13-27-19-11-16(9-10-18(19)26-22(27)25-15(3)29)20-12-24-21(23)28(20)17-7-5-4-6-8-17/h4-12,14H,13H2,1-3H3,(H,25,26,29). The van der Waals surface area contributed by atoms with Gasteiger partial charge in [0, 0.05) is 24.7 Å². The van der Waals surface area contributed by atoms with E-state index in [1.54, 1.807) is 0 Å².